The lowest BCUT2D eigenvalue weighted by molar-refractivity contribution is -0.140. The first-order valence-corrected chi connectivity index (χ1v) is 6.79. The molecule has 0 heterocycles. The average molecular weight is 325 g/mol. The summed E-state index contributed by atoms with van der Waals surface area (Å²) in [7, 11) is 0. The minimum Gasteiger partial charge on any atom is -0.206 e. The van der Waals surface area contributed by atoms with Crippen LogP contribution in [0.4, 0.5) is 17.6 Å². The zero-order chi connectivity index (χ0) is 13.3. The maximum Gasteiger partial charge on any atom is 0.419 e. The highest BCUT2D eigenvalue weighted by Gasteiger charge is 2.34. The van der Waals surface area contributed by atoms with Gasteiger partial charge in [-0.25, -0.2) is 4.39 Å². The van der Waals surface area contributed by atoms with Crippen LogP contribution in [0.3, 0.4) is 0 Å². The minimum atomic E-state index is -4.62. The summed E-state index contributed by atoms with van der Waals surface area (Å²) in [6.07, 6.45) is -0.923. The second kappa shape index (κ2) is 5.19. The quantitative estimate of drug-likeness (QED) is 0.543. The minimum absolute atomic E-state index is 0.358. The molecule has 0 spiro atoms. The Hall–Kier alpha value is -0.580. The van der Waals surface area contributed by atoms with E-state index < -0.39 is 17.6 Å². The summed E-state index contributed by atoms with van der Waals surface area (Å²) >= 11 is 3.54. The molecule has 1 fully saturated rings. The summed E-state index contributed by atoms with van der Waals surface area (Å²) in [5, 5.41) is 0. The predicted molar refractivity (Wildman–Crippen MR) is 65.2 cm³/mol. The fourth-order valence-electron chi connectivity index (χ4n) is 1.94. The Bertz CT molecular complexity index is 423. The van der Waals surface area contributed by atoms with Gasteiger partial charge in [0.1, 0.15) is 5.82 Å². The van der Waals surface area contributed by atoms with Crippen LogP contribution < -0.4 is 0 Å². The normalized spacial score (nSPS) is 17.8. The summed E-state index contributed by atoms with van der Waals surface area (Å²) in [6, 6.07) is 3.25. The SMILES string of the molecule is Fc1ccc(CCC(Br)C2CC2)cc1C(F)(F)F. The maximum atomic E-state index is 13.1. The van der Waals surface area contributed by atoms with Crippen LogP contribution >= 0.6 is 15.9 Å². The molecular weight excluding hydrogens is 312 g/mol. The van der Waals surface area contributed by atoms with E-state index >= 15 is 0 Å². The Morgan fingerprint density at radius 3 is 2.50 bits per heavy atom. The molecule has 0 saturated heterocycles. The Labute approximate surface area is 112 Å². The predicted octanol–water partition coefficient (Wildman–Crippen LogP) is 4.95. The molecule has 0 amide bonds. The third-order valence-electron chi connectivity index (χ3n) is 3.18. The van der Waals surface area contributed by atoms with Crippen molar-refractivity contribution in [3.8, 4) is 0 Å². The van der Waals surface area contributed by atoms with Gasteiger partial charge in [0.05, 0.1) is 5.56 Å². The molecule has 0 aliphatic heterocycles. The fraction of sp³-hybridized carbons (Fsp3) is 0.538. The highest BCUT2D eigenvalue weighted by Crippen LogP contribution is 2.39. The fourth-order valence-corrected chi connectivity index (χ4v) is 2.70. The molecule has 0 N–H and O–H groups in total. The van der Waals surface area contributed by atoms with E-state index in [1.807, 2.05) is 0 Å². The van der Waals surface area contributed by atoms with Crippen LogP contribution in [0.2, 0.25) is 0 Å². The second-order valence-electron chi connectivity index (χ2n) is 4.70. The number of hydrogen-bond donors (Lipinski definition) is 0. The number of alkyl halides is 4. The Kier molecular flexibility index (Phi) is 3.99. The van der Waals surface area contributed by atoms with Crippen LogP contribution in [0.1, 0.15) is 30.4 Å². The van der Waals surface area contributed by atoms with Crippen LogP contribution in [0.25, 0.3) is 0 Å². The average Bonchev–Trinajstić information content (AvgIpc) is 3.09. The van der Waals surface area contributed by atoms with Crippen LogP contribution in [0.5, 0.6) is 0 Å². The van der Waals surface area contributed by atoms with Gasteiger partial charge in [0.15, 0.2) is 0 Å². The van der Waals surface area contributed by atoms with Gasteiger partial charge in [-0.05, 0) is 49.3 Å². The third-order valence-corrected chi connectivity index (χ3v) is 4.38. The topological polar surface area (TPSA) is 0 Å². The van der Waals surface area contributed by atoms with E-state index in [1.54, 1.807) is 0 Å². The van der Waals surface area contributed by atoms with E-state index in [2.05, 4.69) is 15.9 Å². The van der Waals surface area contributed by atoms with Crippen molar-refractivity contribution in [1.82, 2.24) is 0 Å². The molecule has 1 saturated carbocycles. The van der Waals surface area contributed by atoms with E-state index in [-0.39, 0.29) is 0 Å². The van der Waals surface area contributed by atoms with Crippen molar-refractivity contribution in [2.75, 3.05) is 0 Å². The standard InChI is InChI=1S/C13H13BrF4/c14-11(9-3-4-9)5-1-8-2-6-12(15)10(7-8)13(16,17)18/h2,6-7,9,11H,1,3-5H2. The maximum absolute atomic E-state index is 13.1. The molecule has 100 valence electrons. The molecule has 1 aromatic carbocycles. The van der Waals surface area contributed by atoms with E-state index in [0.717, 1.165) is 18.6 Å². The van der Waals surface area contributed by atoms with Crippen molar-refractivity contribution < 1.29 is 17.6 Å². The molecule has 0 radical (unpaired) electrons. The summed E-state index contributed by atoms with van der Waals surface area (Å²) < 4.78 is 50.6. The summed E-state index contributed by atoms with van der Waals surface area (Å²) in [4.78, 5) is 0.358. The molecule has 1 aliphatic carbocycles. The van der Waals surface area contributed by atoms with Gasteiger partial charge in [-0.2, -0.15) is 13.2 Å². The summed E-state index contributed by atoms with van der Waals surface area (Å²) in [5.41, 5.74) is -0.633. The summed E-state index contributed by atoms with van der Waals surface area (Å²) in [5.74, 6) is -0.545. The first-order chi connectivity index (χ1) is 8.38. The molecule has 1 aliphatic rings. The smallest absolute Gasteiger partial charge is 0.206 e. The van der Waals surface area contributed by atoms with Gasteiger partial charge in [0.25, 0.3) is 0 Å². The molecular formula is C13H13BrF4. The number of aryl methyl sites for hydroxylation is 1. The van der Waals surface area contributed by atoms with Crippen molar-refractivity contribution in [2.24, 2.45) is 5.92 Å². The van der Waals surface area contributed by atoms with E-state index in [0.29, 0.717) is 22.7 Å². The Morgan fingerprint density at radius 2 is 1.94 bits per heavy atom. The van der Waals surface area contributed by atoms with E-state index in [9.17, 15) is 17.6 Å². The van der Waals surface area contributed by atoms with Gasteiger partial charge in [-0.3, -0.25) is 0 Å². The highest BCUT2D eigenvalue weighted by atomic mass is 79.9. The molecule has 0 bridgehead atoms. The van der Waals surface area contributed by atoms with Crippen molar-refractivity contribution >= 4 is 15.9 Å². The van der Waals surface area contributed by atoms with Crippen LogP contribution in [0, 0.1) is 11.7 Å². The van der Waals surface area contributed by atoms with Gasteiger partial charge in [0, 0.05) is 4.83 Å². The van der Waals surface area contributed by atoms with Crippen molar-refractivity contribution in [3.05, 3.63) is 35.1 Å². The number of rotatable bonds is 4. The van der Waals surface area contributed by atoms with Gasteiger partial charge in [-0.15, -0.1) is 0 Å². The lowest BCUT2D eigenvalue weighted by Crippen LogP contribution is -2.09. The molecule has 18 heavy (non-hydrogen) atoms. The largest absolute Gasteiger partial charge is 0.419 e. The van der Waals surface area contributed by atoms with Gasteiger partial charge in [0.2, 0.25) is 0 Å². The number of hydrogen-bond acceptors (Lipinski definition) is 0. The molecule has 2 rings (SSSR count). The third kappa shape index (κ3) is 3.46. The number of halogens is 5. The Balaban J connectivity index is 2.04. The Morgan fingerprint density at radius 1 is 1.28 bits per heavy atom. The first-order valence-electron chi connectivity index (χ1n) is 5.87. The molecule has 1 atom stereocenters. The van der Waals surface area contributed by atoms with Crippen LogP contribution in [0.15, 0.2) is 18.2 Å². The van der Waals surface area contributed by atoms with Crippen molar-refractivity contribution in [2.45, 2.75) is 36.7 Å². The number of benzene rings is 1. The molecule has 5 heteroatoms. The van der Waals surface area contributed by atoms with Gasteiger partial charge < -0.3 is 0 Å². The molecule has 0 aromatic heterocycles. The van der Waals surface area contributed by atoms with Crippen LogP contribution in [-0.4, -0.2) is 4.83 Å². The van der Waals surface area contributed by atoms with Crippen molar-refractivity contribution in [3.63, 3.8) is 0 Å². The van der Waals surface area contributed by atoms with Gasteiger partial charge >= 0.3 is 6.18 Å². The van der Waals surface area contributed by atoms with E-state index in [1.165, 1.54) is 18.9 Å². The van der Waals surface area contributed by atoms with E-state index in [4.69, 9.17) is 0 Å². The lowest BCUT2D eigenvalue weighted by Gasteiger charge is -2.11. The van der Waals surface area contributed by atoms with Crippen molar-refractivity contribution in [1.29, 1.82) is 0 Å². The van der Waals surface area contributed by atoms with Crippen LogP contribution in [-0.2, 0) is 12.6 Å². The molecule has 1 unspecified atom stereocenters. The molecule has 1 aromatic rings. The molecule has 0 nitrogen and oxygen atoms in total. The zero-order valence-electron chi connectivity index (χ0n) is 9.61. The lowest BCUT2D eigenvalue weighted by atomic mass is 10.0. The highest BCUT2D eigenvalue weighted by molar-refractivity contribution is 9.09. The monoisotopic (exact) mass is 324 g/mol. The first kappa shape index (κ1) is 13.8. The zero-order valence-corrected chi connectivity index (χ0v) is 11.2. The second-order valence-corrected chi connectivity index (χ2v) is 5.88. The van der Waals surface area contributed by atoms with Gasteiger partial charge in [-0.1, -0.05) is 22.0 Å². The summed E-state index contributed by atoms with van der Waals surface area (Å²) in [6.45, 7) is 0.